The molecule has 15 heavy (non-hydrogen) atoms. The number of allylic oxidation sites excluding steroid dienone is 1. The molecule has 0 aromatic rings. The molecule has 0 amide bonds. The molecule has 1 rings (SSSR count). The third kappa shape index (κ3) is 3.94. The van der Waals surface area contributed by atoms with Crippen LogP contribution in [0, 0.1) is 0 Å². The van der Waals surface area contributed by atoms with E-state index in [0.29, 0.717) is 6.54 Å². The molecule has 4 nitrogen and oxygen atoms in total. The molecule has 0 saturated carbocycles. The summed E-state index contributed by atoms with van der Waals surface area (Å²) in [6.07, 6.45) is 9.50. The van der Waals surface area contributed by atoms with Crippen LogP contribution >= 0.6 is 0 Å². The number of azide groups is 1. The summed E-state index contributed by atoms with van der Waals surface area (Å²) in [7, 11) is 0. The molecule has 0 aliphatic heterocycles. The molecule has 84 valence electrons. The van der Waals surface area contributed by atoms with Gasteiger partial charge >= 0.3 is 0 Å². The predicted molar refractivity (Wildman–Crippen MR) is 60.6 cm³/mol. The summed E-state index contributed by atoms with van der Waals surface area (Å²) < 4.78 is 5.90. The third-order valence-corrected chi connectivity index (χ3v) is 2.68. The van der Waals surface area contributed by atoms with Gasteiger partial charge in [0.05, 0.1) is 5.60 Å². The van der Waals surface area contributed by atoms with E-state index in [1.807, 2.05) is 0 Å². The molecule has 4 heteroatoms. The zero-order valence-electron chi connectivity index (χ0n) is 9.35. The topological polar surface area (TPSA) is 58.0 Å². The molecule has 0 spiro atoms. The first kappa shape index (κ1) is 12.1. The molecule has 1 aliphatic rings. The molecule has 0 saturated heterocycles. The van der Waals surface area contributed by atoms with Crippen LogP contribution in [0.1, 0.15) is 39.0 Å². The molecule has 0 fully saturated rings. The van der Waals surface area contributed by atoms with Gasteiger partial charge in [0.15, 0.2) is 0 Å². The van der Waals surface area contributed by atoms with E-state index < -0.39 is 0 Å². The maximum Gasteiger partial charge on any atom is 0.0863 e. The molecular formula is C11H19N3O. The SMILES string of the molecule is CCCOC1(CCN=[N+]=[N-])C=CCCC1. The van der Waals surface area contributed by atoms with Crippen LogP contribution in [-0.4, -0.2) is 18.8 Å². The van der Waals surface area contributed by atoms with Crippen molar-refractivity contribution in [3.05, 3.63) is 22.6 Å². The van der Waals surface area contributed by atoms with E-state index in [9.17, 15) is 0 Å². The van der Waals surface area contributed by atoms with Crippen LogP contribution < -0.4 is 0 Å². The van der Waals surface area contributed by atoms with Crippen molar-refractivity contribution in [2.24, 2.45) is 5.11 Å². The van der Waals surface area contributed by atoms with Crippen LogP contribution in [0.4, 0.5) is 0 Å². The van der Waals surface area contributed by atoms with Crippen molar-refractivity contribution in [2.45, 2.75) is 44.6 Å². The van der Waals surface area contributed by atoms with Crippen molar-refractivity contribution in [3.63, 3.8) is 0 Å². The van der Waals surface area contributed by atoms with Crippen LogP contribution in [0.3, 0.4) is 0 Å². The highest BCUT2D eigenvalue weighted by Crippen LogP contribution is 2.29. The van der Waals surface area contributed by atoms with E-state index in [1.165, 1.54) is 0 Å². The summed E-state index contributed by atoms with van der Waals surface area (Å²) in [6, 6.07) is 0. The maximum absolute atomic E-state index is 8.26. The second-order valence-electron chi connectivity index (χ2n) is 3.91. The van der Waals surface area contributed by atoms with Crippen molar-refractivity contribution >= 4 is 0 Å². The van der Waals surface area contributed by atoms with Gasteiger partial charge < -0.3 is 4.74 Å². The normalized spacial score (nSPS) is 24.9. The Hall–Kier alpha value is -0.990. The van der Waals surface area contributed by atoms with Crippen LogP contribution in [-0.2, 0) is 4.74 Å². The minimum absolute atomic E-state index is 0.164. The molecule has 0 aromatic carbocycles. The third-order valence-electron chi connectivity index (χ3n) is 2.68. The van der Waals surface area contributed by atoms with Crippen LogP contribution in [0.2, 0.25) is 0 Å². The molecule has 1 unspecified atom stereocenters. The fourth-order valence-corrected chi connectivity index (χ4v) is 1.89. The summed E-state index contributed by atoms with van der Waals surface area (Å²) in [5.74, 6) is 0. The van der Waals surface area contributed by atoms with Gasteiger partial charge in [0.1, 0.15) is 0 Å². The lowest BCUT2D eigenvalue weighted by Gasteiger charge is -2.33. The van der Waals surface area contributed by atoms with Gasteiger partial charge in [-0.1, -0.05) is 24.2 Å². The summed E-state index contributed by atoms with van der Waals surface area (Å²) >= 11 is 0. The lowest BCUT2D eigenvalue weighted by atomic mass is 9.88. The van der Waals surface area contributed by atoms with E-state index in [1.54, 1.807) is 0 Å². The van der Waals surface area contributed by atoms with Gasteiger partial charge in [0.25, 0.3) is 0 Å². The lowest BCUT2D eigenvalue weighted by Crippen LogP contribution is -2.33. The number of nitrogens with zero attached hydrogens (tertiary/aromatic N) is 3. The van der Waals surface area contributed by atoms with E-state index in [0.717, 1.165) is 38.7 Å². The average Bonchev–Trinajstić information content (AvgIpc) is 2.28. The van der Waals surface area contributed by atoms with Crippen molar-refractivity contribution in [1.29, 1.82) is 0 Å². The van der Waals surface area contributed by atoms with E-state index in [-0.39, 0.29) is 5.60 Å². The van der Waals surface area contributed by atoms with Crippen LogP contribution in [0.15, 0.2) is 17.3 Å². The Morgan fingerprint density at radius 1 is 1.60 bits per heavy atom. The van der Waals surface area contributed by atoms with E-state index in [4.69, 9.17) is 10.3 Å². The average molecular weight is 209 g/mol. The molecule has 1 atom stereocenters. The first-order valence-corrected chi connectivity index (χ1v) is 5.65. The van der Waals surface area contributed by atoms with Gasteiger partial charge in [-0.05, 0) is 37.6 Å². The van der Waals surface area contributed by atoms with Crippen molar-refractivity contribution in [2.75, 3.05) is 13.2 Å². The summed E-state index contributed by atoms with van der Waals surface area (Å²) in [5.41, 5.74) is 8.09. The quantitative estimate of drug-likeness (QED) is 0.285. The molecular weight excluding hydrogens is 190 g/mol. The molecule has 0 radical (unpaired) electrons. The molecule has 1 aliphatic carbocycles. The fraction of sp³-hybridized carbons (Fsp3) is 0.818. The maximum atomic E-state index is 8.26. The standard InChI is InChI=1S/C11H19N3O/c1-2-10-15-11(8-9-13-14-12)6-4-3-5-7-11/h4,6H,2-3,5,7-10H2,1H3. The van der Waals surface area contributed by atoms with Crippen molar-refractivity contribution in [3.8, 4) is 0 Å². The highest BCUT2D eigenvalue weighted by molar-refractivity contribution is 5.06. The first-order valence-electron chi connectivity index (χ1n) is 5.65. The zero-order chi connectivity index (χ0) is 11.0. The first-order chi connectivity index (χ1) is 7.33. The summed E-state index contributed by atoms with van der Waals surface area (Å²) in [5, 5.41) is 3.59. The summed E-state index contributed by atoms with van der Waals surface area (Å²) in [4.78, 5) is 2.78. The van der Waals surface area contributed by atoms with Gasteiger partial charge in [0.2, 0.25) is 0 Å². The minimum atomic E-state index is -0.164. The number of hydrogen-bond donors (Lipinski definition) is 0. The zero-order valence-corrected chi connectivity index (χ0v) is 9.35. The number of rotatable bonds is 6. The molecule has 0 N–H and O–H groups in total. The van der Waals surface area contributed by atoms with Crippen molar-refractivity contribution < 1.29 is 4.74 Å². The Morgan fingerprint density at radius 2 is 2.47 bits per heavy atom. The Kier molecular flexibility index (Phi) is 5.22. The van der Waals surface area contributed by atoms with Gasteiger partial charge in [0, 0.05) is 18.1 Å². The molecule has 0 heterocycles. The van der Waals surface area contributed by atoms with E-state index >= 15 is 0 Å². The van der Waals surface area contributed by atoms with E-state index in [2.05, 4.69) is 29.1 Å². The van der Waals surface area contributed by atoms with Crippen molar-refractivity contribution in [1.82, 2.24) is 0 Å². The van der Waals surface area contributed by atoms with Gasteiger partial charge in [-0.2, -0.15) is 0 Å². The minimum Gasteiger partial charge on any atom is -0.371 e. The second-order valence-corrected chi connectivity index (χ2v) is 3.91. The Morgan fingerprint density at radius 3 is 3.07 bits per heavy atom. The lowest BCUT2D eigenvalue weighted by molar-refractivity contribution is -0.0226. The Balaban J connectivity index is 2.53. The largest absolute Gasteiger partial charge is 0.371 e. The summed E-state index contributed by atoms with van der Waals surface area (Å²) in [6.45, 7) is 3.40. The Bertz CT molecular complexity index is 259. The van der Waals surface area contributed by atoms with Gasteiger partial charge in [-0.25, -0.2) is 0 Å². The molecule has 0 bridgehead atoms. The smallest absolute Gasteiger partial charge is 0.0863 e. The van der Waals surface area contributed by atoms with Gasteiger partial charge in [-0.15, -0.1) is 0 Å². The van der Waals surface area contributed by atoms with Crippen LogP contribution in [0.5, 0.6) is 0 Å². The molecule has 0 aromatic heterocycles. The highest BCUT2D eigenvalue weighted by atomic mass is 16.5. The Labute approximate surface area is 90.9 Å². The van der Waals surface area contributed by atoms with Crippen LogP contribution in [0.25, 0.3) is 10.4 Å². The monoisotopic (exact) mass is 209 g/mol. The van der Waals surface area contributed by atoms with Gasteiger partial charge in [-0.3, -0.25) is 0 Å². The fourth-order valence-electron chi connectivity index (χ4n) is 1.89. The number of ether oxygens (including phenoxy) is 1. The number of hydrogen-bond acceptors (Lipinski definition) is 2. The predicted octanol–water partition coefficient (Wildman–Crippen LogP) is 3.59. The second kappa shape index (κ2) is 6.49. The highest BCUT2D eigenvalue weighted by Gasteiger charge is 2.28.